The van der Waals surface area contributed by atoms with Gasteiger partial charge < -0.3 is 10.8 Å². The van der Waals surface area contributed by atoms with Crippen molar-refractivity contribution in [3.05, 3.63) is 53.6 Å². The van der Waals surface area contributed by atoms with Gasteiger partial charge in [0.15, 0.2) is 0 Å². The largest absolute Gasteiger partial charge is 0.478 e. The number of unbranched alkanes of at least 4 members (excludes halogenated alkanes) is 7. The minimum absolute atomic E-state index is 0.171. The first-order valence-corrected chi connectivity index (χ1v) is 9.85. The number of anilines is 1. The monoisotopic (exact) mass is 353 g/mol. The van der Waals surface area contributed by atoms with E-state index in [-0.39, 0.29) is 5.56 Å². The Balaban J connectivity index is 1.98. The minimum Gasteiger partial charge on any atom is -0.478 e. The highest BCUT2D eigenvalue weighted by atomic mass is 16.4. The molecule has 0 radical (unpaired) electrons. The maximum absolute atomic E-state index is 11.3. The lowest BCUT2D eigenvalue weighted by Crippen LogP contribution is -2.04. The summed E-state index contributed by atoms with van der Waals surface area (Å²) in [7, 11) is 0. The van der Waals surface area contributed by atoms with Crippen molar-refractivity contribution in [3.8, 4) is 11.1 Å². The van der Waals surface area contributed by atoms with E-state index in [2.05, 4.69) is 13.0 Å². The van der Waals surface area contributed by atoms with E-state index in [0.29, 0.717) is 5.69 Å². The maximum atomic E-state index is 11.3. The van der Waals surface area contributed by atoms with Gasteiger partial charge >= 0.3 is 5.97 Å². The normalized spacial score (nSPS) is 10.8. The molecule has 2 rings (SSSR count). The van der Waals surface area contributed by atoms with Crippen molar-refractivity contribution < 1.29 is 9.90 Å². The van der Waals surface area contributed by atoms with E-state index >= 15 is 0 Å². The van der Waals surface area contributed by atoms with E-state index < -0.39 is 5.97 Å². The lowest BCUT2D eigenvalue weighted by atomic mass is 9.93. The van der Waals surface area contributed by atoms with Gasteiger partial charge in [0.25, 0.3) is 0 Å². The summed E-state index contributed by atoms with van der Waals surface area (Å²) in [6.45, 7) is 2.25. The Hall–Kier alpha value is -2.29. The molecule has 0 bridgehead atoms. The molecule has 0 aromatic heterocycles. The number of hydrogen-bond donors (Lipinski definition) is 2. The molecule has 0 aliphatic rings. The Morgan fingerprint density at radius 3 is 2.15 bits per heavy atom. The summed E-state index contributed by atoms with van der Waals surface area (Å²) in [5.74, 6) is -0.982. The quantitative estimate of drug-likeness (QED) is 0.367. The van der Waals surface area contributed by atoms with Crippen molar-refractivity contribution in [1.82, 2.24) is 0 Å². The molecule has 0 heterocycles. The predicted molar refractivity (Wildman–Crippen MR) is 110 cm³/mol. The van der Waals surface area contributed by atoms with Gasteiger partial charge in [0.05, 0.1) is 11.3 Å². The molecular formula is C23H31NO2. The van der Waals surface area contributed by atoms with Crippen LogP contribution in [0.15, 0.2) is 42.5 Å². The number of carboxylic acid groups (broad SMARTS) is 1. The Morgan fingerprint density at radius 1 is 0.846 bits per heavy atom. The molecule has 0 fully saturated rings. The van der Waals surface area contributed by atoms with Gasteiger partial charge in [-0.1, -0.05) is 88.3 Å². The fourth-order valence-corrected chi connectivity index (χ4v) is 3.44. The van der Waals surface area contributed by atoms with E-state index in [1.807, 2.05) is 24.3 Å². The summed E-state index contributed by atoms with van der Waals surface area (Å²) in [6.07, 6.45) is 11.4. The van der Waals surface area contributed by atoms with Crippen LogP contribution in [0.4, 0.5) is 5.69 Å². The summed E-state index contributed by atoms with van der Waals surface area (Å²) < 4.78 is 0. The van der Waals surface area contributed by atoms with E-state index in [1.54, 1.807) is 12.1 Å². The van der Waals surface area contributed by atoms with Crippen molar-refractivity contribution in [2.75, 3.05) is 5.73 Å². The SMILES string of the molecule is CCCCCCCCCCc1ccccc1-c1cccc(C(=O)O)c1N. The molecule has 2 aromatic carbocycles. The third kappa shape index (κ3) is 5.62. The third-order valence-corrected chi connectivity index (χ3v) is 4.94. The van der Waals surface area contributed by atoms with Crippen LogP contribution in [-0.2, 0) is 6.42 Å². The van der Waals surface area contributed by atoms with Crippen LogP contribution in [-0.4, -0.2) is 11.1 Å². The molecule has 0 saturated heterocycles. The highest BCUT2D eigenvalue weighted by Crippen LogP contribution is 2.32. The Bertz CT molecular complexity index is 709. The average molecular weight is 354 g/mol. The zero-order valence-electron chi connectivity index (χ0n) is 15.8. The number of benzene rings is 2. The summed E-state index contributed by atoms with van der Waals surface area (Å²) in [5, 5.41) is 9.30. The van der Waals surface area contributed by atoms with Gasteiger partial charge in [0.1, 0.15) is 0 Å². The topological polar surface area (TPSA) is 63.3 Å². The summed E-state index contributed by atoms with van der Waals surface area (Å²) in [5.41, 5.74) is 9.77. The van der Waals surface area contributed by atoms with Crippen LogP contribution >= 0.6 is 0 Å². The molecule has 0 aliphatic carbocycles. The summed E-state index contributed by atoms with van der Waals surface area (Å²) in [6, 6.07) is 13.4. The fourth-order valence-electron chi connectivity index (χ4n) is 3.44. The number of carbonyl (C=O) groups is 1. The second kappa shape index (κ2) is 10.6. The van der Waals surface area contributed by atoms with Crippen molar-refractivity contribution in [2.45, 2.75) is 64.7 Å². The molecule has 3 N–H and O–H groups in total. The number of nitrogen functional groups attached to an aromatic ring is 1. The van der Waals surface area contributed by atoms with E-state index in [9.17, 15) is 9.90 Å². The van der Waals surface area contributed by atoms with E-state index in [1.165, 1.54) is 50.5 Å². The molecule has 26 heavy (non-hydrogen) atoms. The first kappa shape index (κ1) is 20.0. The number of aromatic carboxylic acids is 1. The van der Waals surface area contributed by atoms with E-state index in [0.717, 1.165) is 24.0 Å². The highest BCUT2D eigenvalue weighted by molar-refractivity contribution is 5.98. The lowest BCUT2D eigenvalue weighted by molar-refractivity contribution is 0.0698. The number of para-hydroxylation sites is 1. The van der Waals surface area contributed by atoms with Gasteiger partial charge in [0, 0.05) is 5.56 Å². The van der Waals surface area contributed by atoms with Gasteiger partial charge in [-0.2, -0.15) is 0 Å². The first-order chi connectivity index (χ1) is 12.6. The molecule has 0 saturated carbocycles. The second-order valence-electron chi connectivity index (χ2n) is 6.95. The molecule has 0 aliphatic heterocycles. The van der Waals surface area contributed by atoms with Crippen LogP contribution in [0.5, 0.6) is 0 Å². The maximum Gasteiger partial charge on any atom is 0.337 e. The molecule has 0 unspecified atom stereocenters. The number of rotatable bonds is 11. The third-order valence-electron chi connectivity index (χ3n) is 4.94. The predicted octanol–water partition coefficient (Wildman–Crippen LogP) is 6.32. The molecular weight excluding hydrogens is 322 g/mol. The fraction of sp³-hybridized carbons (Fsp3) is 0.435. The van der Waals surface area contributed by atoms with Crippen LogP contribution in [0, 0.1) is 0 Å². The van der Waals surface area contributed by atoms with Crippen molar-refractivity contribution in [3.63, 3.8) is 0 Å². The van der Waals surface area contributed by atoms with Crippen molar-refractivity contribution in [2.24, 2.45) is 0 Å². The molecule has 3 nitrogen and oxygen atoms in total. The number of nitrogens with two attached hydrogens (primary N) is 1. The zero-order valence-corrected chi connectivity index (χ0v) is 15.8. The summed E-state index contributed by atoms with van der Waals surface area (Å²) in [4.78, 5) is 11.3. The number of aryl methyl sites for hydroxylation is 1. The number of hydrogen-bond acceptors (Lipinski definition) is 2. The Morgan fingerprint density at radius 2 is 1.46 bits per heavy atom. The van der Waals surface area contributed by atoms with Crippen LogP contribution in [0.25, 0.3) is 11.1 Å². The molecule has 0 spiro atoms. The highest BCUT2D eigenvalue weighted by Gasteiger charge is 2.14. The van der Waals surface area contributed by atoms with Gasteiger partial charge in [-0.15, -0.1) is 0 Å². The smallest absolute Gasteiger partial charge is 0.337 e. The van der Waals surface area contributed by atoms with Crippen molar-refractivity contribution >= 4 is 11.7 Å². The van der Waals surface area contributed by atoms with Gasteiger partial charge in [-0.05, 0) is 30.0 Å². The van der Waals surface area contributed by atoms with Crippen molar-refractivity contribution in [1.29, 1.82) is 0 Å². The summed E-state index contributed by atoms with van der Waals surface area (Å²) >= 11 is 0. The average Bonchev–Trinajstić information content (AvgIpc) is 2.64. The van der Waals surface area contributed by atoms with Gasteiger partial charge in [0.2, 0.25) is 0 Å². The minimum atomic E-state index is -0.982. The molecule has 3 heteroatoms. The molecule has 0 amide bonds. The molecule has 140 valence electrons. The number of carboxylic acids is 1. The van der Waals surface area contributed by atoms with Crippen LogP contribution in [0.3, 0.4) is 0 Å². The standard InChI is InChI=1S/C23H31NO2/c1-2-3-4-5-6-7-8-9-13-18-14-10-11-15-19(18)20-16-12-17-21(22(20)24)23(25)26/h10-12,14-17H,2-9,13,24H2,1H3,(H,25,26). The van der Waals surface area contributed by atoms with Gasteiger partial charge in [-0.25, -0.2) is 4.79 Å². The van der Waals surface area contributed by atoms with Crippen LogP contribution in [0.1, 0.15) is 74.2 Å². The lowest BCUT2D eigenvalue weighted by Gasteiger charge is -2.13. The van der Waals surface area contributed by atoms with Gasteiger partial charge in [-0.3, -0.25) is 0 Å². The Kier molecular flexibility index (Phi) is 8.20. The van der Waals surface area contributed by atoms with E-state index in [4.69, 9.17) is 5.73 Å². The first-order valence-electron chi connectivity index (χ1n) is 9.85. The molecule has 2 aromatic rings. The van der Waals surface area contributed by atoms with Crippen LogP contribution in [0.2, 0.25) is 0 Å². The van der Waals surface area contributed by atoms with Crippen LogP contribution < -0.4 is 5.73 Å². The Labute approximate surface area is 157 Å². The second-order valence-corrected chi connectivity index (χ2v) is 6.95. The zero-order chi connectivity index (χ0) is 18.8. The molecule has 0 atom stereocenters.